The van der Waals surface area contributed by atoms with Gasteiger partial charge in [0.05, 0.1) is 0 Å². The lowest BCUT2D eigenvalue weighted by Crippen LogP contribution is -2.03. The number of nitrogens with zero attached hydrogens (tertiary/aromatic N) is 1. The van der Waals surface area contributed by atoms with Crippen molar-refractivity contribution in [2.45, 2.75) is 25.8 Å². The first-order valence-electron chi connectivity index (χ1n) is 8.15. The predicted octanol–water partition coefficient (Wildman–Crippen LogP) is 5.89. The van der Waals surface area contributed by atoms with Gasteiger partial charge < -0.3 is 4.57 Å². The fourth-order valence-electron chi connectivity index (χ4n) is 2.96. The van der Waals surface area contributed by atoms with E-state index in [1.54, 1.807) is 0 Å². The van der Waals surface area contributed by atoms with E-state index in [1.807, 2.05) is 48.7 Å². The number of hydrogen-bond donors (Lipinski definition) is 0. The van der Waals surface area contributed by atoms with E-state index in [0.29, 0.717) is 5.88 Å². The summed E-state index contributed by atoms with van der Waals surface area (Å²) in [6.07, 6.45) is 5.23. The number of unbranched alkanes of at least 4 members (excludes halogenated alkanes) is 2. The fraction of sp³-hybridized carbons (Fsp3) is 0.250. The molecule has 2 aromatic carbocycles. The molecule has 0 amide bonds. The van der Waals surface area contributed by atoms with Crippen LogP contribution in [0.3, 0.4) is 0 Å². The average molecular weight is 452 g/mol. The first kappa shape index (κ1) is 17.5. The lowest BCUT2D eigenvalue weighted by molar-refractivity contribution is 0.103. The maximum absolute atomic E-state index is 13.0. The minimum absolute atomic E-state index is 0.0932. The van der Waals surface area contributed by atoms with Gasteiger partial charge in [-0.1, -0.05) is 36.8 Å². The van der Waals surface area contributed by atoms with Gasteiger partial charge in [-0.15, -0.1) is 11.6 Å². The van der Waals surface area contributed by atoms with Gasteiger partial charge in [-0.3, -0.25) is 4.79 Å². The zero-order valence-corrected chi connectivity index (χ0v) is 16.3. The Morgan fingerprint density at radius 1 is 0.958 bits per heavy atom. The molecule has 0 radical (unpaired) electrons. The Balaban J connectivity index is 1.96. The molecule has 3 aromatic rings. The molecule has 0 aliphatic heterocycles. The predicted molar refractivity (Wildman–Crippen MR) is 109 cm³/mol. The fourth-order valence-corrected chi connectivity index (χ4v) is 3.78. The molecule has 3 rings (SSSR count). The second-order valence-electron chi connectivity index (χ2n) is 5.81. The summed E-state index contributed by atoms with van der Waals surface area (Å²) in [7, 11) is 0. The Morgan fingerprint density at radius 3 is 2.50 bits per heavy atom. The minimum Gasteiger partial charge on any atom is -0.347 e. The number of carbonyl (C=O) groups is 1. The second kappa shape index (κ2) is 8.17. The van der Waals surface area contributed by atoms with Gasteiger partial charge in [0.1, 0.15) is 0 Å². The Morgan fingerprint density at radius 2 is 1.71 bits per heavy atom. The van der Waals surface area contributed by atoms with Crippen LogP contribution in [0.2, 0.25) is 0 Å². The Bertz CT molecular complexity index is 856. The van der Waals surface area contributed by atoms with Crippen LogP contribution in [0, 0.1) is 3.57 Å². The number of ketones is 1. The number of aryl methyl sites for hydroxylation is 1. The van der Waals surface area contributed by atoms with Crippen LogP contribution in [-0.2, 0) is 6.54 Å². The lowest BCUT2D eigenvalue weighted by atomic mass is 10.0. The van der Waals surface area contributed by atoms with Crippen molar-refractivity contribution in [1.82, 2.24) is 4.57 Å². The monoisotopic (exact) mass is 451 g/mol. The highest BCUT2D eigenvalue weighted by atomic mass is 127. The van der Waals surface area contributed by atoms with Gasteiger partial charge in [0.25, 0.3) is 0 Å². The number of benzene rings is 2. The number of alkyl halides is 1. The molecule has 24 heavy (non-hydrogen) atoms. The van der Waals surface area contributed by atoms with Crippen LogP contribution in [0.25, 0.3) is 10.9 Å². The molecular weight excluding hydrogens is 433 g/mol. The van der Waals surface area contributed by atoms with Crippen molar-refractivity contribution < 1.29 is 4.79 Å². The zero-order chi connectivity index (χ0) is 16.9. The smallest absolute Gasteiger partial charge is 0.196 e. The molecule has 0 aliphatic carbocycles. The van der Waals surface area contributed by atoms with Crippen LogP contribution in [0.1, 0.15) is 35.2 Å². The lowest BCUT2D eigenvalue weighted by Gasteiger charge is -2.04. The van der Waals surface area contributed by atoms with E-state index in [4.69, 9.17) is 11.6 Å². The van der Waals surface area contributed by atoms with E-state index in [-0.39, 0.29) is 5.78 Å². The largest absolute Gasteiger partial charge is 0.347 e. The van der Waals surface area contributed by atoms with Gasteiger partial charge in [0, 0.05) is 44.2 Å². The van der Waals surface area contributed by atoms with Gasteiger partial charge in [0.2, 0.25) is 0 Å². The number of para-hydroxylation sites is 1. The van der Waals surface area contributed by atoms with Crippen molar-refractivity contribution in [1.29, 1.82) is 0 Å². The first-order chi connectivity index (χ1) is 11.7. The molecule has 124 valence electrons. The molecule has 1 aromatic heterocycles. The summed E-state index contributed by atoms with van der Waals surface area (Å²) >= 11 is 7.98. The van der Waals surface area contributed by atoms with Crippen LogP contribution in [0.5, 0.6) is 0 Å². The highest BCUT2D eigenvalue weighted by Crippen LogP contribution is 2.26. The molecule has 2 nitrogen and oxygen atoms in total. The van der Waals surface area contributed by atoms with Gasteiger partial charge in [-0.2, -0.15) is 0 Å². The normalized spacial score (nSPS) is 11.1. The number of carbonyl (C=O) groups excluding carboxylic acids is 1. The van der Waals surface area contributed by atoms with Crippen molar-refractivity contribution in [3.8, 4) is 0 Å². The Labute approximate surface area is 161 Å². The summed E-state index contributed by atoms with van der Waals surface area (Å²) in [6, 6.07) is 15.9. The maximum atomic E-state index is 13.0. The Kier molecular flexibility index (Phi) is 5.95. The summed E-state index contributed by atoms with van der Waals surface area (Å²) < 4.78 is 3.19. The number of hydrogen-bond acceptors (Lipinski definition) is 1. The third kappa shape index (κ3) is 3.67. The third-order valence-corrected chi connectivity index (χ3v) is 5.39. The SMILES string of the molecule is O=C(c1ccccc1I)c1cn(CCCCCCl)c2ccccc12. The van der Waals surface area contributed by atoms with E-state index in [0.717, 1.165) is 51.4 Å². The van der Waals surface area contributed by atoms with Crippen LogP contribution in [0.4, 0.5) is 0 Å². The van der Waals surface area contributed by atoms with E-state index in [1.165, 1.54) is 0 Å². The molecule has 0 saturated carbocycles. The zero-order valence-electron chi connectivity index (χ0n) is 13.3. The summed E-state index contributed by atoms with van der Waals surface area (Å²) in [4.78, 5) is 13.0. The third-order valence-electron chi connectivity index (χ3n) is 4.18. The molecule has 1 heterocycles. The van der Waals surface area contributed by atoms with E-state index in [2.05, 4.69) is 33.2 Å². The van der Waals surface area contributed by atoms with Crippen molar-refractivity contribution in [2.24, 2.45) is 0 Å². The number of halogens is 2. The number of aromatic nitrogens is 1. The molecule has 0 spiro atoms. The number of fused-ring (bicyclic) bond motifs is 1. The van der Waals surface area contributed by atoms with Crippen LogP contribution >= 0.6 is 34.2 Å². The van der Waals surface area contributed by atoms with Crippen LogP contribution < -0.4 is 0 Å². The molecule has 0 atom stereocenters. The van der Waals surface area contributed by atoms with Gasteiger partial charge in [0.15, 0.2) is 5.78 Å². The van der Waals surface area contributed by atoms with Crippen LogP contribution in [-0.4, -0.2) is 16.2 Å². The molecule has 4 heteroatoms. The summed E-state index contributed by atoms with van der Waals surface area (Å²) in [5.41, 5.74) is 2.67. The summed E-state index contributed by atoms with van der Waals surface area (Å²) in [6.45, 7) is 0.913. The highest BCUT2D eigenvalue weighted by Gasteiger charge is 2.18. The summed E-state index contributed by atoms with van der Waals surface area (Å²) in [5, 5.41) is 1.03. The molecule has 0 saturated heterocycles. The van der Waals surface area contributed by atoms with Gasteiger partial charge >= 0.3 is 0 Å². The van der Waals surface area contributed by atoms with E-state index < -0.39 is 0 Å². The quantitative estimate of drug-likeness (QED) is 0.190. The van der Waals surface area contributed by atoms with E-state index >= 15 is 0 Å². The molecule has 0 N–H and O–H groups in total. The minimum atomic E-state index is 0.0932. The van der Waals surface area contributed by atoms with Crippen molar-refractivity contribution in [3.05, 3.63) is 69.4 Å². The van der Waals surface area contributed by atoms with Crippen molar-refractivity contribution in [2.75, 3.05) is 5.88 Å². The standard InChI is InChI=1S/C20H19ClINO/c21-12-6-1-7-13-23-14-17(15-8-3-5-11-19(15)23)20(24)16-9-2-4-10-18(16)22/h2-5,8-11,14H,1,6-7,12-13H2. The van der Waals surface area contributed by atoms with Crippen LogP contribution in [0.15, 0.2) is 54.7 Å². The molecular formula is C20H19ClINO. The molecule has 0 unspecified atom stereocenters. The maximum Gasteiger partial charge on any atom is 0.196 e. The molecule has 0 bridgehead atoms. The Hall–Kier alpha value is -1.33. The summed E-state index contributed by atoms with van der Waals surface area (Å²) in [5.74, 6) is 0.804. The highest BCUT2D eigenvalue weighted by molar-refractivity contribution is 14.1. The average Bonchev–Trinajstić information content (AvgIpc) is 2.98. The van der Waals surface area contributed by atoms with Gasteiger partial charge in [-0.25, -0.2) is 0 Å². The van der Waals surface area contributed by atoms with E-state index in [9.17, 15) is 4.79 Å². The number of rotatable bonds is 7. The first-order valence-corrected chi connectivity index (χ1v) is 9.77. The second-order valence-corrected chi connectivity index (χ2v) is 7.35. The van der Waals surface area contributed by atoms with Gasteiger partial charge in [-0.05, 0) is 53.6 Å². The molecule has 0 fully saturated rings. The molecule has 0 aliphatic rings. The van der Waals surface area contributed by atoms with Crippen molar-refractivity contribution >= 4 is 50.9 Å². The topological polar surface area (TPSA) is 22.0 Å². The van der Waals surface area contributed by atoms with Crippen molar-refractivity contribution in [3.63, 3.8) is 0 Å².